The molecule has 122 valence electrons. The molecule has 0 saturated carbocycles. The summed E-state index contributed by atoms with van der Waals surface area (Å²) in [6, 6.07) is 16.5. The first-order valence-corrected chi connectivity index (χ1v) is 8.65. The number of hydrogen-bond donors (Lipinski definition) is 1. The minimum atomic E-state index is -0.151. The van der Waals surface area contributed by atoms with E-state index in [1.54, 1.807) is 36.7 Å². The summed E-state index contributed by atoms with van der Waals surface area (Å²) < 4.78 is 6.67. The number of pyridine rings is 1. The third-order valence-corrected chi connectivity index (χ3v) is 4.63. The molecule has 1 amide bonds. The molecule has 0 aliphatic rings. The number of anilines is 1. The van der Waals surface area contributed by atoms with Crippen LogP contribution in [0.2, 0.25) is 0 Å². The van der Waals surface area contributed by atoms with Crippen molar-refractivity contribution in [3.63, 3.8) is 0 Å². The second-order valence-corrected chi connectivity index (χ2v) is 6.53. The van der Waals surface area contributed by atoms with Crippen LogP contribution < -0.4 is 5.32 Å². The molecule has 4 aromatic rings. The Balaban J connectivity index is 1.63. The molecule has 0 atom stereocenters. The van der Waals surface area contributed by atoms with E-state index in [0.717, 1.165) is 9.13 Å². The van der Waals surface area contributed by atoms with Crippen molar-refractivity contribution in [2.45, 2.75) is 0 Å². The zero-order valence-electron chi connectivity index (χ0n) is 12.9. The average Bonchev–Trinajstić information content (AvgIpc) is 3.06. The number of halogens is 1. The van der Waals surface area contributed by atoms with Crippen LogP contribution in [-0.2, 0) is 0 Å². The largest absolute Gasteiger partial charge is 0.436 e. The molecule has 0 aliphatic heterocycles. The summed E-state index contributed by atoms with van der Waals surface area (Å²) in [4.78, 5) is 20.9. The lowest BCUT2D eigenvalue weighted by Crippen LogP contribution is -2.13. The number of nitrogens with one attached hydrogen (secondary N) is 1. The molecule has 0 spiro atoms. The van der Waals surface area contributed by atoms with Crippen molar-refractivity contribution in [3.8, 4) is 11.5 Å². The lowest BCUT2D eigenvalue weighted by molar-refractivity contribution is 0.102. The van der Waals surface area contributed by atoms with Crippen LogP contribution in [0.3, 0.4) is 0 Å². The van der Waals surface area contributed by atoms with E-state index in [1.165, 1.54) is 0 Å². The Morgan fingerprint density at radius 3 is 2.64 bits per heavy atom. The molecule has 6 heteroatoms. The highest BCUT2D eigenvalue weighted by molar-refractivity contribution is 14.1. The molecule has 2 aromatic carbocycles. The molecule has 5 nitrogen and oxygen atoms in total. The van der Waals surface area contributed by atoms with Gasteiger partial charge in [-0.2, -0.15) is 0 Å². The quantitative estimate of drug-likeness (QED) is 0.466. The SMILES string of the molecule is O=C(Nc1ccc2oc(-c3ccncc3)nc2c1)c1ccccc1I. The van der Waals surface area contributed by atoms with E-state index in [-0.39, 0.29) is 5.91 Å². The van der Waals surface area contributed by atoms with Gasteiger partial charge in [-0.3, -0.25) is 9.78 Å². The first-order chi connectivity index (χ1) is 12.2. The molecule has 25 heavy (non-hydrogen) atoms. The van der Waals surface area contributed by atoms with E-state index >= 15 is 0 Å². The monoisotopic (exact) mass is 441 g/mol. The van der Waals surface area contributed by atoms with Crippen LogP contribution in [0.5, 0.6) is 0 Å². The number of carbonyl (C=O) groups excluding carboxylic acids is 1. The highest BCUT2D eigenvalue weighted by Gasteiger charge is 2.12. The minimum Gasteiger partial charge on any atom is -0.436 e. The Bertz CT molecular complexity index is 1060. The molecule has 0 bridgehead atoms. The van der Waals surface area contributed by atoms with Gasteiger partial charge in [0.05, 0.1) is 5.56 Å². The molecule has 4 rings (SSSR count). The fraction of sp³-hybridized carbons (Fsp3) is 0. The highest BCUT2D eigenvalue weighted by Crippen LogP contribution is 2.26. The van der Waals surface area contributed by atoms with Crippen molar-refractivity contribution in [3.05, 3.63) is 76.1 Å². The van der Waals surface area contributed by atoms with Gasteiger partial charge in [0.1, 0.15) is 5.52 Å². The van der Waals surface area contributed by atoms with Crippen LogP contribution in [0.25, 0.3) is 22.6 Å². The highest BCUT2D eigenvalue weighted by atomic mass is 127. The molecule has 0 aliphatic carbocycles. The number of fused-ring (bicyclic) bond motifs is 1. The first kappa shape index (κ1) is 15.8. The maximum Gasteiger partial charge on any atom is 0.256 e. The number of carbonyl (C=O) groups is 1. The van der Waals surface area contributed by atoms with Gasteiger partial charge < -0.3 is 9.73 Å². The predicted molar refractivity (Wildman–Crippen MR) is 104 cm³/mol. The third-order valence-electron chi connectivity index (χ3n) is 3.69. The van der Waals surface area contributed by atoms with Crippen molar-refractivity contribution in [2.24, 2.45) is 0 Å². The summed E-state index contributed by atoms with van der Waals surface area (Å²) in [5.74, 6) is 0.376. The molecule has 2 heterocycles. The van der Waals surface area contributed by atoms with Crippen molar-refractivity contribution in [1.29, 1.82) is 0 Å². The summed E-state index contributed by atoms with van der Waals surface area (Å²) in [6.45, 7) is 0. The van der Waals surface area contributed by atoms with Crippen molar-refractivity contribution in [1.82, 2.24) is 9.97 Å². The van der Waals surface area contributed by atoms with Gasteiger partial charge in [-0.05, 0) is 65.1 Å². The number of oxazole rings is 1. The number of amides is 1. The summed E-state index contributed by atoms with van der Waals surface area (Å²) in [5, 5.41) is 2.90. The summed E-state index contributed by atoms with van der Waals surface area (Å²) in [7, 11) is 0. The second kappa shape index (κ2) is 6.64. The van der Waals surface area contributed by atoms with E-state index in [1.807, 2.05) is 30.3 Å². The first-order valence-electron chi connectivity index (χ1n) is 7.57. The fourth-order valence-electron chi connectivity index (χ4n) is 2.47. The van der Waals surface area contributed by atoms with Gasteiger partial charge in [0.2, 0.25) is 5.89 Å². The molecule has 2 aromatic heterocycles. The molecule has 0 fully saturated rings. The molecular weight excluding hydrogens is 429 g/mol. The average molecular weight is 441 g/mol. The Labute approximate surface area is 157 Å². The van der Waals surface area contributed by atoms with Crippen LogP contribution in [0, 0.1) is 3.57 Å². The Morgan fingerprint density at radius 2 is 1.84 bits per heavy atom. The summed E-state index contributed by atoms with van der Waals surface area (Å²) in [5.41, 5.74) is 3.52. The number of nitrogens with zero attached hydrogens (tertiary/aromatic N) is 2. The maximum absolute atomic E-state index is 12.4. The minimum absolute atomic E-state index is 0.151. The van der Waals surface area contributed by atoms with Gasteiger partial charge in [-0.1, -0.05) is 12.1 Å². The lowest BCUT2D eigenvalue weighted by Gasteiger charge is -2.06. The Morgan fingerprint density at radius 1 is 1.04 bits per heavy atom. The van der Waals surface area contributed by atoms with Crippen molar-refractivity contribution in [2.75, 3.05) is 5.32 Å². The molecule has 1 N–H and O–H groups in total. The zero-order chi connectivity index (χ0) is 17.2. The van der Waals surface area contributed by atoms with Crippen LogP contribution >= 0.6 is 22.6 Å². The molecular formula is C19H12IN3O2. The number of hydrogen-bond acceptors (Lipinski definition) is 4. The maximum atomic E-state index is 12.4. The molecule has 0 unspecified atom stereocenters. The van der Waals surface area contributed by atoms with Crippen molar-refractivity contribution >= 4 is 45.3 Å². The van der Waals surface area contributed by atoms with Gasteiger partial charge in [-0.25, -0.2) is 4.98 Å². The van der Waals surface area contributed by atoms with Gasteiger partial charge in [-0.15, -0.1) is 0 Å². The van der Waals surface area contributed by atoms with Gasteiger partial charge in [0.15, 0.2) is 5.58 Å². The summed E-state index contributed by atoms with van der Waals surface area (Å²) >= 11 is 2.15. The zero-order valence-corrected chi connectivity index (χ0v) is 15.1. The van der Waals surface area contributed by atoms with Gasteiger partial charge in [0, 0.05) is 27.2 Å². The molecule has 0 saturated heterocycles. The van der Waals surface area contributed by atoms with E-state index < -0.39 is 0 Å². The van der Waals surface area contributed by atoms with E-state index in [2.05, 4.69) is 37.9 Å². The normalized spacial score (nSPS) is 10.8. The lowest BCUT2D eigenvalue weighted by atomic mass is 10.2. The van der Waals surface area contributed by atoms with E-state index in [9.17, 15) is 4.79 Å². The Kier molecular flexibility index (Phi) is 4.19. The number of aromatic nitrogens is 2. The fourth-order valence-corrected chi connectivity index (χ4v) is 3.10. The van der Waals surface area contributed by atoms with Gasteiger partial charge >= 0.3 is 0 Å². The van der Waals surface area contributed by atoms with E-state index in [0.29, 0.717) is 28.2 Å². The van der Waals surface area contributed by atoms with E-state index in [4.69, 9.17) is 4.42 Å². The van der Waals surface area contributed by atoms with Crippen LogP contribution in [-0.4, -0.2) is 15.9 Å². The van der Waals surface area contributed by atoms with Crippen LogP contribution in [0.1, 0.15) is 10.4 Å². The Hall–Kier alpha value is -2.74. The predicted octanol–water partition coefficient (Wildman–Crippen LogP) is 4.75. The van der Waals surface area contributed by atoms with Crippen LogP contribution in [0.15, 0.2) is 71.4 Å². The van der Waals surface area contributed by atoms with Gasteiger partial charge in [0.25, 0.3) is 5.91 Å². The standard InChI is InChI=1S/C19H12IN3O2/c20-15-4-2-1-3-14(15)18(24)22-13-5-6-17-16(11-13)23-19(25-17)12-7-9-21-10-8-12/h1-11H,(H,22,24). The smallest absolute Gasteiger partial charge is 0.256 e. The second-order valence-electron chi connectivity index (χ2n) is 5.37. The van der Waals surface area contributed by atoms with Crippen molar-refractivity contribution < 1.29 is 9.21 Å². The third kappa shape index (κ3) is 3.25. The van der Waals surface area contributed by atoms with Crippen LogP contribution in [0.4, 0.5) is 5.69 Å². The number of benzene rings is 2. The number of rotatable bonds is 3. The topological polar surface area (TPSA) is 68.0 Å². The molecule has 0 radical (unpaired) electrons. The summed E-state index contributed by atoms with van der Waals surface area (Å²) in [6.07, 6.45) is 3.38.